The molecule has 0 bridgehead atoms. The average Bonchev–Trinajstić information content (AvgIpc) is 2.88. The summed E-state index contributed by atoms with van der Waals surface area (Å²) in [5, 5.41) is 8.53. The van der Waals surface area contributed by atoms with Crippen LogP contribution < -0.4 is 11.1 Å². The molecule has 0 saturated carbocycles. The van der Waals surface area contributed by atoms with E-state index in [0.29, 0.717) is 10.6 Å². The summed E-state index contributed by atoms with van der Waals surface area (Å²) in [6.07, 6.45) is 2.77. The van der Waals surface area contributed by atoms with E-state index in [1.807, 2.05) is 0 Å². The van der Waals surface area contributed by atoms with E-state index in [0.717, 1.165) is 0 Å². The van der Waals surface area contributed by atoms with E-state index >= 15 is 0 Å². The molecule has 0 spiro atoms. The molecule has 88 valence electrons. The van der Waals surface area contributed by atoms with E-state index in [9.17, 15) is 9.59 Å². The van der Waals surface area contributed by atoms with Gasteiger partial charge in [-0.2, -0.15) is 5.10 Å². The number of nitrogens with zero attached hydrogens (tertiary/aromatic N) is 3. The fraction of sp³-hybridized carbons (Fsp3) is 0.111. The third-order valence-corrected chi connectivity index (χ3v) is 2.79. The number of nitrogens with one attached hydrogen (secondary N) is 1. The fourth-order valence-corrected chi connectivity index (χ4v) is 2.04. The van der Waals surface area contributed by atoms with Crippen molar-refractivity contribution >= 4 is 28.2 Å². The van der Waals surface area contributed by atoms with Gasteiger partial charge in [0, 0.05) is 0 Å². The summed E-state index contributed by atoms with van der Waals surface area (Å²) in [6.45, 7) is 0.0378. The highest BCUT2D eigenvalue weighted by molar-refractivity contribution is 7.14. The lowest BCUT2D eigenvalue weighted by Gasteiger charge is -2.03. The van der Waals surface area contributed by atoms with Crippen LogP contribution in [0.5, 0.6) is 0 Å². The monoisotopic (exact) mass is 251 g/mol. The maximum Gasteiger partial charge on any atom is 0.251 e. The Hall–Kier alpha value is -2.22. The lowest BCUT2D eigenvalue weighted by molar-refractivity contribution is -0.116. The van der Waals surface area contributed by atoms with Crippen molar-refractivity contribution in [2.24, 2.45) is 5.73 Å². The number of primary amides is 1. The average molecular weight is 251 g/mol. The number of hydrogen-bond acceptors (Lipinski definition) is 5. The predicted molar refractivity (Wildman–Crippen MR) is 61.5 cm³/mol. The van der Waals surface area contributed by atoms with E-state index in [2.05, 4.69) is 15.4 Å². The summed E-state index contributed by atoms with van der Waals surface area (Å²) in [6, 6.07) is 1.57. The summed E-state index contributed by atoms with van der Waals surface area (Å²) < 4.78 is 1.38. The molecule has 17 heavy (non-hydrogen) atoms. The Morgan fingerprint density at radius 3 is 3.00 bits per heavy atom. The van der Waals surface area contributed by atoms with Crippen molar-refractivity contribution in [3.63, 3.8) is 0 Å². The Balaban J connectivity index is 2.03. The molecule has 2 amide bonds. The quantitative estimate of drug-likeness (QED) is 0.802. The van der Waals surface area contributed by atoms with Gasteiger partial charge < -0.3 is 11.1 Å². The van der Waals surface area contributed by atoms with E-state index in [1.165, 1.54) is 28.7 Å². The Bertz CT molecular complexity index is 533. The van der Waals surface area contributed by atoms with E-state index in [-0.39, 0.29) is 12.5 Å². The van der Waals surface area contributed by atoms with Crippen molar-refractivity contribution in [2.45, 2.75) is 6.54 Å². The standard InChI is InChI=1S/C9H9N5O2S/c10-8(16)6-1-2-17-9(6)13-7(15)3-14-5-11-4-12-14/h1-2,4-5H,3H2,(H2,10,16)(H,13,15). The minimum atomic E-state index is -0.567. The van der Waals surface area contributed by atoms with Crippen LogP contribution in [0, 0.1) is 0 Å². The molecule has 2 aromatic rings. The molecular formula is C9H9N5O2S. The van der Waals surface area contributed by atoms with Gasteiger partial charge in [-0.25, -0.2) is 9.67 Å². The highest BCUT2D eigenvalue weighted by atomic mass is 32.1. The molecule has 0 unspecified atom stereocenters. The maximum absolute atomic E-state index is 11.6. The second-order valence-electron chi connectivity index (χ2n) is 3.17. The van der Waals surface area contributed by atoms with Gasteiger partial charge in [-0.05, 0) is 11.4 Å². The molecule has 0 aliphatic carbocycles. The van der Waals surface area contributed by atoms with E-state index < -0.39 is 5.91 Å². The summed E-state index contributed by atoms with van der Waals surface area (Å²) >= 11 is 1.24. The number of carbonyl (C=O) groups is 2. The molecule has 0 radical (unpaired) electrons. The zero-order valence-electron chi connectivity index (χ0n) is 8.66. The Kier molecular flexibility index (Phi) is 3.15. The highest BCUT2D eigenvalue weighted by Crippen LogP contribution is 2.22. The number of thiophene rings is 1. The topological polar surface area (TPSA) is 103 Å². The van der Waals surface area contributed by atoms with Gasteiger partial charge in [0.05, 0.1) is 5.56 Å². The second kappa shape index (κ2) is 4.74. The van der Waals surface area contributed by atoms with Gasteiger partial charge in [0.15, 0.2) is 0 Å². The van der Waals surface area contributed by atoms with Crippen LogP contribution in [0.2, 0.25) is 0 Å². The fourth-order valence-electron chi connectivity index (χ4n) is 1.23. The molecule has 2 aromatic heterocycles. The Morgan fingerprint density at radius 1 is 1.53 bits per heavy atom. The summed E-state index contributed by atoms with van der Waals surface area (Å²) in [7, 11) is 0. The predicted octanol–water partition coefficient (Wildman–Crippen LogP) is 0.0772. The molecule has 2 heterocycles. The van der Waals surface area contributed by atoms with Crippen LogP contribution >= 0.6 is 11.3 Å². The Labute approximate surface area is 100 Å². The zero-order chi connectivity index (χ0) is 12.3. The third-order valence-electron chi connectivity index (χ3n) is 1.96. The second-order valence-corrected chi connectivity index (χ2v) is 4.09. The van der Waals surface area contributed by atoms with Gasteiger partial charge in [-0.3, -0.25) is 9.59 Å². The zero-order valence-corrected chi connectivity index (χ0v) is 9.48. The number of rotatable bonds is 4. The molecule has 0 saturated heterocycles. The lowest BCUT2D eigenvalue weighted by Crippen LogP contribution is -2.20. The smallest absolute Gasteiger partial charge is 0.251 e. The molecule has 0 fully saturated rings. The first-order valence-corrected chi connectivity index (χ1v) is 5.54. The van der Waals surface area contributed by atoms with Crippen molar-refractivity contribution in [3.05, 3.63) is 29.7 Å². The van der Waals surface area contributed by atoms with Crippen LogP contribution in [0.15, 0.2) is 24.1 Å². The molecular weight excluding hydrogens is 242 g/mol. The SMILES string of the molecule is NC(=O)c1ccsc1NC(=O)Cn1cncn1. The van der Waals surface area contributed by atoms with E-state index in [1.54, 1.807) is 11.4 Å². The lowest BCUT2D eigenvalue weighted by atomic mass is 10.3. The molecule has 0 atom stereocenters. The largest absolute Gasteiger partial charge is 0.366 e. The third kappa shape index (κ3) is 2.67. The first-order chi connectivity index (χ1) is 8.16. The van der Waals surface area contributed by atoms with Crippen LogP contribution in [0.25, 0.3) is 0 Å². The molecule has 0 aliphatic rings. The number of anilines is 1. The molecule has 2 rings (SSSR count). The van der Waals surface area contributed by atoms with Gasteiger partial charge >= 0.3 is 0 Å². The van der Waals surface area contributed by atoms with Crippen molar-refractivity contribution in [1.82, 2.24) is 14.8 Å². The van der Waals surface area contributed by atoms with Crippen LogP contribution in [-0.2, 0) is 11.3 Å². The minimum Gasteiger partial charge on any atom is -0.366 e. The maximum atomic E-state index is 11.6. The Morgan fingerprint density at radius 2 is 2.35 bits per heavy atom. The molecule has 8 heteroatoms. The van der Waals surface area contributed by atoms with Crippen LogP contribution in [-0.4, -0.2) is 26.6 Å². The minimum absolute atomic E-state index is 0.0378. The summed E-state index contributed by atoms with van der Waals surface area (Å²) in [5.74, 6) is -0.859. The van der Waals surface area contributed by atoms with Gasteiger partial charge in [0.25, 0.3) is 5.91 Å². The van der Waals surface area contributed by atoms with Crippen LogP contribution in [0.4, 0.5) is 5.00 Å². The summed E-state index contributed by atoms with van der Waals surface area (Å²) in [5.41, 5.74) is 5.47. The number of carbonyl (C=O) groups excluding carboxylic acids is 2. The van der Waals surface area contributed by atoms with Crippen LogP contribution in [0.3, 0.4) is 0 Å². The molecule has 0 aromatic carbocycles. The van der Waals surface area contributed by atoms with Crippen molar-refractivity contribution < 1.29 is 9.59 Å². The highest BCUT2D eigenvalue weighted by Gasteiger charge is 2.12. The van der Waals surface area contributed by atoms with Gasteiger partial charge in [-0.15, -0.1) is 11.3 Å². The number of aromatic nitrogens is 3. The van der Waals surface area contributed by atoms with Crippen molar-refractivity contribution in [1.29, 1.82) is 0 Å². The van der Waals surface area contributed by atoms with Gasteiger partial charge in [0.2, 0.25) is 5.91 Å². The first-order valence-electron chi connectivity index (χ1n) is 4.66. The number of nitrogens with two attached hydrogens (primary N) is 1. The van der Waals surface area contributed by atoms with Gasteiger partial charge in [0.1, 0.15) is 24.2 Å². The van der Waals surface area contributed by atoms with Crippen molar-refractivity contribution in [3.8, 4) is 0 Å². The normalized spacial score (nSPS) is 10.1. The molecule has 7 nitrogen and oxygen atoms in total. The van der Waals surface area contributed by atoms with Crippen LogP contribution in [0.1, 0.15) is 10.4 Å². The van der Waals surface area contributed by atoms with E-state index in [4.69, 9.17) is 5.73 Å². The summed E-state index contributed by atoms with van der Waals surface area (Å²) in [4.78, 5) is 26.4. The number of hydrogen-bond donors (Lipinski definition) is 2. The van der Waals surface area contributed by atoms with Crippen molar-refractivity contribution in [2.75, 3.05) is 5.32 Å². The molecule has 3 N–H and O–H groups in total. The molecule has 0 aliphatic heterocycles. The van der Waals surface area contributed by atoms with Gasteiger partial charge in [-0.1, -0.05) is 0 Å². The number of amides is 2. The first kappa shape index (κ1) is 11.3.